The first kappa shape index (κ1) is 24.4. The van der Waals surface area contributed by atoms with Crippen LogP contribution < -0.4 is 5.32 Å². The molecule has 0 radical (unpaired) electrons. The Bertz CT molecular complexity index is 1260. The Kier molecular flexibility index (Phi) is 7.62. The zero-order valence-corrected chi connectivity index (χ0v) is 21.5. The second kappa shape index (κ2) is 10.3. The van der Waals surface area contributed by atoms with E-state index >= 15 is 0 Å². The van der Waals surface area contributed by atoms with Gasteiger partial charge in [-0.15, -0.1) is 10.2 Å². The summed E-state index contributed by atoms with van der Waals surface area (Å²) in [7, 11) is -3.58. The molecule has 1 atom stereocenters. The number of benzene rings is 2. The number of hydrogen-bond acceptors (Lipinski definition) is 7. The first-order valence-corrected chi connectivity index (χ1v) is 14.2. The molecular formula is C21H20Cl2N4O3S3. The SMILES string of the molecule is CCS(=O)(=O)N1Cc2ccccc2C[C@@H]1C(=O)Nc1nnc(SCc2c(Cl)cccc2Cl)s1. The van der Waals surface area contributed by atoms with E-state index in [4.69, 9.17) is 23.2 Å². The van der Waals surface area contributed by atoms with E-state index in [2.05, 4.69) is 15.5 Å². The topological polar surface area (TPSA) is 92.3 Å². The number of nitrogens with one attached hydrogen (secondary N) is 1. The molecule has 2 heterocycles. The summed E-state index contributed by atoms with van der Waals surface area (Å²) < 4.78 is 27.3. The fraction of sp³-hybridized carbons (Fsp3) is 0.286. The number of nitrogens with zero attached hydrogens (tertiary/aromatic N) is 3. The number of sulfonamides is 1. The number of rotatable bonds is 7. The molecule has 0 aliphatic carbocycles. The Morgan fingerprint density at radius 3 is 2.55 bits per heavy atom. The van der Waals surface area contributed by atoms with Crippen molar-refractivity contribution < 1.29 is 13.2 Å². The molecule has 0 saturated carbocycles. The van der Waals surface area contributed by atoms with Crippen molar-refractivity contribution in [2.24, 2.45) is 0 Å². The van der Waals surface area contributed by atoms with Crippen LogP contribution in [0.2, 0.25) is 10.0 Å². The molecule has 7 nitrogen and oxygen atoms in total. The molecule has 1 aliphatic rings. The minimum Gasteiger partial charge on any atom is -0.299 e. The van der Waals surface area contributed by atoms with Gasteiger partial charge >= 0.3 is 0 Å². The fourth-order valence-corrected chi connectivity index (χ4v) is 7.21. The van der Waals surface area contributed by atoms with Crippen molar-refractivity contribution in [1.82, 2.24) is 14.5 Å². The number of hydrogen-bond donors (Lipinski definition) is 1. The second-order valence-electron chi connectivity index (χ2n) is 7.29. The minimum absolute atomic E-state index is 0.0802. The number of halogens is 2. The van der Waals surface area contributed by atoms with Gasteiger partial charge in [0, 0.05) is 22.3 Å². The fourth-order valence-electron chi connectivity index (χ4n) is 3.49. The Labute approximate surface area is 210 Å². The molecule has 1 aliphatic heterocycles. The van der Waals surface area contributed by atoms with Crippen LogP contribution in [0, 0.1) is 0 Å². The van der Waals surface area contributed by atoms with E-state index in [1.165, 1.54) is 27.4 Å². The first-order chi connectivity index (χ1) is 15.8. The van der Waals surface area contributed by atoms with Crippen LogP contribution in [0.4, 0.5) is 5.13 Å². The molecule has 0 unspecified atom stereocenters. The van der Waals surface area contributed by atoms with Crippen molar-refractivity contribution in [2.75, 3.05) is 11.1 Å². The van der Waals surface area contributed by atoms with Gasteiger partial charge in [0.05, 0.1) is 5.75 Å². The third-order valence-corrected chi connectivity index (χ3v) is 9.80. The molecular weight excluding hydrogens is 523 g/mol. The van der Waals surface area contributed by atoms with Gasteiger partial charge in [-0.25, -0.2) is 8.42 Å². The first-order valence-electron chi connectivity index (χ1n) is 10.0. The lowest BCUT2D eigenvalue weighted by Gasteiger charge is -2.34. The number of thioether (sulfide) groups is 1. The number of anilines is 1. The molecule has 33 heavy (non-hydrogen) atoms. The molecule has 0 fully saturated rings. The third kappa shape index (κ3) is 5.52. The van der Waals surface area contributed by atoms with Gasteiger partial charge in [-0.1, -0.05) is 76.6 Å². The van der Waals surface area contributed by atoms with Crippen LogP contribution in [0.5, 0.6) is 0 Å². The lowest BCUT2D eigenvalue weighted by atomic mass is 9.95. The maximum absolute atomic E-state index is 13.1. The number of fused-ring (bicyclic) bond motifs is 1. The lowest BCUT2D eigenvalue weighted by molar-refractivity contribution is -0.120. The Balaban J connectivity index is 1.48. The molecule has 0 bridgehead atoms. The van der Waals surface area contributed by atoms with Crippen LogP contribution in [-0.2, 0) is 33.5 Å². The van der Waals surface area contributed by atoms with Crippen molar-refractivity contribution in [2.45, 2.75) is 36.0 Å². The van der Waals surface area contributed by atoms with E-state index in [0.717, 1.165) is 16.7 Å². The highest BCUT2D eigenvalue weighted by Crippen LogP contribution is 2.34. The van der Waals surface area contributed by atoms with Crippen LogP contribution >= 0.6 is 46.3 Å². The summed E-state index contributed by atoms with van der Waals surface area (Å²) in [4.78, 5) is 13.1. The summed E-state index contributed by atoms with van der Waals surface area (Å²) in [6, 6.07) is 12.0. The van der Waals surface area contributed by atoms with Gasteiger partial charge in [0.2, 0.25) is 21.1 Å². The molecule has 3 aromatic rings. The average molecular weight is 544 g/mol. The predicted octanol–water partition coefficient (Wildman–Crippen LogP) is 4.85. The van der Waals surface area contributed by atoms with Gasteiger partial charge in [0.1, 0.15) is 6.04 Å². The molecule has 1 aromatic heterocycles. The Morgan fingerprint density at radius 2 is 1.85 bits per heavy atom. The molecule has 1 amide bonds. The standard InChI is InChI=1S/C21H20Cl2N4O3S3/c1-2-33(29,30)27-11-14-7-4-3-6-13(14)10-18(27)19(28)24-20-25-26-21(32-20)31-12-15-16(22)8-5-9-17(15)23/h3-9,18H,2,10-12H2,1H3,(H,24,25,28)/t18-/m1/s1. The van der Waals surface area contributed by atoms with Crippen LogP contribution in [0.1, 0.15) is 23.6 Å². The summed E-state index contributed by atoms with van der Waals surface area (Å²) in [6.45, 7) is 1.74. The van der Waals surface area contributed by atoms with E-state index in [9.17, 15) is 13.2 Å². The molecule has 12 heteroatoms. The van der Waals surface area contributed by atoms with Gasteiger partial charge in [-0.3, -0.25) is 10.1 Å². The number of aromatic nitrogens is 2. The van der Waals surface area contributed by atoms with Gasteiger partial charge < -0.3 is 0 Å². The van der Waals surface area contributed by atoms with Crippen molar-refractivity contribution in [1.29, 1.82) is 0 Å². The van der Waals surface area contributed by atoms with Crippen LogP contribution in [0.3, 0.4) is 0 Å². The molecule has 2 aromatic carbocycles. The number of carbonyl (C=O) groups excluding carboxylic acids is 1. The van der Waals surface area contributed by atoms with Crippen molar-refractivity contribution in [3.05, 3.63) is 69.2 Å². The maximum atomic E-state index is 13.1. The van der Waals surface area contributed by atoms with E-state index < -0.39 is 22.0 Å². The third-order valence-electron chi connectivity index (χ3n) is 5.27. The second-order valence-corrected chi connectivity index (χ2v) is 12.5. The largest absolute Gasteiger partial charge is 0.299 e. The van der Waals surface area contributed by atoms with Gasteiger partial charge in [0.15, 0.2) is 4.34 Å². The van der Waals surface area contributed by atoms with Crippen molar-refractivity contribution in [3.8, 4) is 0 Å². The van der Waals surface area contributed by atoms with Gasteiger partial charge in [-0.2, -0.15) is 4.31 Å². The zero-order chi connectivity index (χ0) is 23.6. The van der Waals surface area contributed by atoms with Crippen LogP contribution in [0.25, 0.3) is 0 Å². The lowest BCUT2D eigenvalue weighted by Crippen LogP contribution is -2.51. The monoisotopic (exact) mass is 542 g/mol. The molecule has 0 saturated heterocycles. The van der Waals surface area contributed by atoms with Crippen molar-refractivity contribution >= 4 is 67.4 Å². The number of carbonyl (C=O) groups is 1. The molecule has 1 N–H and O–H groups in total. The summed E-state index contributed by atoms with van der Waals surface area (Å²) in [5, 5.41) is 12.3. The molecule has 174 valence electrons. The van der Waals surface area contributed by atoms with Crippen LogP contribution in [-0.4, -0.2) is 40.6 Å². The highest BCUT2D eigenvalue weighted by Gasteiger charge is 2.38. The smallest absolute Gasteiger partial charge is 0.245 e. The zero-order valence-electron chi connectivity index (χ0n) is 17.5. The highest BCUT2D eigenvalue weighted by molar-refractivity contribution is 8.00. The average Bonchev–Trinajstić information content (AvgIpc) is 3.25. The Hall–Kier alpha value is -1.69. The normalized spacial score (nSPS) is 16.4. The van der Waals surface area contributed by atoms with E-state index in [1.807, 2.05) is 24.3 Å². The quantitative estimate of drug-likeness (QED) is 0.338. The summed E-state index contributed by atoms with van der Waals surface area (Å²) in [6.07, 6.45) is 0.298. The van der Waals surface area contributed by atoms with Crippen molar-refractivity contribution in [3.63, 3.8) is 0 Å². The van der Waals surface area contributed by atoms with E-state index in [0.29, 0.717) is 31.7 Å². The highest BCUT2D eigenvalue weighted by atomic mass is 35.5. The minimum atomic E-state index is -3.58. The summed E-state index contributed by atoms with van der Waals surface area (Å²) in [5.41, 5.74) is 2.67. The predicted molar refractivity (Wildman–Crippen MR) is 133 cm³/mol. The summed E-state index contributed by atoms with van der Waals surface area (Å²) in [5.74, 6) is -0.00465. The molecule has 4 rings (SSSR count). The van der Waals surface area contributed by atoms with E-state index in [1.54, 1.807) is 25.1 Å². The summed E-state index contributed by atoms with van der Waals surface area (Å²) >= 11 is 15.0. The number of amides is 1. The molecule has 0 spiro atoms. The van der Waals surface area contributed by atoms with Crippen LogP contribution in [0.15, 0.2) is 46.8 Å². The van der Waals surface area contributed by atoms with Gasteiger partial charge in [-0.05, 0) is 42.2 Å². The van der Waals surface area contributed by atoms with Gasteiger partial charge in [0.25, 0.3) is 0 Å². The van der Waals surface area contributed by atoms with E-state index in [-0.39, 0.29) is 12.3 Å². The maximum Gasteiger partial charge on any atom is 0.245 e. The Morgan fingerprint density at radius 1 is 1.15 bits per heavy atom.